The number of aryl methyl sites for hydroxylation is 1. The predicted molar refractivity (Wildman–Crippen MR) is 110 cm³/mol. The van der Waals surface area contributed by atoms with Crippen molar-refractivity contribution in [3.63, 3.8) is 0 Å². The Morgan fingerprint density at radius 1 is 1.13 bits per heavy atom. The van der Waals surface area contributed by atoms with E-state index in [1.807, 2.05) is 31.2 Å². The molecule has 2 heterocycles. The van der Waals surface area contributed by atoms with Crippen LogP contribution in [0.4, 0.5) is 11.5 Å². The quantitative estimate of drug-likeness (QED) is 0.505. The average Bonchev–Trinajstić information content (AvgIpc) is 3.14. The first kappa shape index (κ1) is 19.8. The molecular formula is C20H18N4O5S. The Morgan fingerprint density at radius 2 is 1.87 bits per heavy atom. The lowest BCUT2D eigenvalue weighted by Crippen LogP contribution is -2.18. The number of anilines is 1. The first-order chi connectivity index (χ1) is 14.2. The number of aromatic nitrogens is 2. The highest BCUT2D eigenvalue weighted by molar-refractivity contribution is 7.90. The smallest absolute Gasteiger partial charge is 0.273 e. The van der Waals surface area contributed by atoms with Gasteiger partial charge in [0, 0.05) is 22.8 Å². The number of fused-ring (bicyclic) bond motifs is 1. The number of para-hydroxylation sites is 1. The van der Waals surface area contributed by atoms with E-state index in [1.165, 1.54) is 29.8 Å². The number of nitrogens with one attached hydrogen (secondary N) is 1. The molecule has 9 nitrogen and oxygen atoms in total. The molecule has 1 aliphatic heterocycles. The number of hydrogen-bond donors (Lipinski definition) is 1. The molecule has 4 rings (SSSR count). The van der Waals surface area contributed by atoms with E-state index in [0.717, 1.165) is 5.56 Å². The minimum atomic E-state index is -3.34. The maximum atomic E-state index is 13.0. The Labute approximate surface area is 172 Å². The summed E-state index contributed by atoms with van der Waals surface area (Å²) >= 11 is 0. The Hall–Kier alpha value is -3.53. The monoisotopic (exact) mass is 426 g/mol. The maximum Gasteiger partial charge on any atom is 0.273 e. The third kappa shape index (κ3) is 3.35. The Kier molecular flexibility index (Phi) is 4.65. The molecule has 0 bridgehead atoms. The van der Waals surface area contributed by atoms with Gasteiger partial charge in [-0.15, -0.1) is 0 Å². The number of rotatable bonds is 4. The zero-order chi connectivity index (χ0) is 21.6. The predicted octanol–water partition coefficient (Wildman–Crippen LogP) is 3.08. The summed E-state index contributed by atoms with van der Waals surface area (Å²) < 4.78 is 25.7. The number of benzene rings is 2. The highest BCUT2D eigenvalue weighted by atomic mass is 32.2. The largest absolute Gasteiger partial charge is 0.306 e. The van der Waals surface area contributed by atoms with Gasteiger partial charge in [0.05, 0.1) is 27.8 Å². The fourth-order valence-corrected chi connectivity index (χ4v) is 5.08. The van der Waals surface area contributed by atoms with E-state index in [2.05, 4.69) is 10.4 Å². The number of nitrogens with zero attached hydrogens (tertiary/aromatic N) is 3. The van der Waals surface area contributed by atoms with Gasteiger partial charge in [0.2, 0.25) is 0 Å². The molecule has 30 heavy (non-hydrogen) atoms. The lowest BCUT2D eigenvalue weighted by molar-refractivity contribution is -0.385. The van der Waals surface area contributed by atoms with E-state index in [9.17, 15) is 23.3 Å². The minimum Gasteiger partial charge on any atom is -0.306 e. The molecule has 0 radical (unpaired) electrons. The van der Waals surface area contributed by atoms with Crippen LogP contribution in [0.2, 0.25) is 0 Å². The molecule has 0 spiro atoms. The summed E-state index contributed by atoms with van der Waals surface area (Å²) in [6.07, 6.45) is 0. The molecule has 0 saturated heterocycles. The standard InChI is InChI=1S/C20H18N4O5S/c1-12-6-3-4-8-17(12)23-19(15-10-30(28,29)11-16(15)22-23)21-20(25)14-7-5-9-18(13(14)2)24(26)27/h3-9H,10-11H2,1-2H3,(H,21,25). The molecule has 154 valence electrons. The highest BCUT2D eigenvalue weighted by Gasteiger charge is 2.33. The van der Waals surface area contributed by atoms with Crippen LogP contribution in [0, 0.1) is 24.0 Å². The summed E-state index contributed by atoms with van der Waals surface area (Å²) in [5, 5.41) is 18.4. The van der Waals surface area contributed by atoms with E-state index < -0.39 is 20.7 Å². The van der Waals surface area contributed by atoms with Crippen LogP contribution in [0.1, 0.15) is 32.7 Å². The summed E-state index contributed by atoms with van der Waals surface area (Å²) in [5.74, 6) is -0.730. The van der Waals surface area contributed by atoms with Crippen LogP contribution < -0.4 is 5.32 Å². The van der Waals surface area contributed by atoms with Crippen molar-refractivity contribution in [2.24, 2.45) is 0 Å². The summed E-state index contributed by atoms with van der Waals surface area (Å²) in [4.78, 5) is 23.7. The number of sulfone groups is 1. The van der Waals surface area contributed by atoms with E-state index in [1.54, 1.807) is 0 Å². The number of carbonyl (C=O) groups is 1. The number of amides is 1. The summed E-state index contributed by atoms with van der Waals surface area (Å²) in [6.45, 7) is 3.38. The summed E-state index contributed by atoms with van der Waals surface area (Å²) in [7, 11) is -3.34. The van der Waals surface area contributed by atoms with Gasteiger partial charge in [0.15, 0.2) is 9.84 Å². The van der Waals surface area contributed by atoms with Crippen LogP contribution in [0.5, 0.6) is 0 Å². The molecule has 3 aromatic rings. The molecule has 2 aromatic carbocycles. The average molecular weight is 426 g/mol. The second kappa shape index (κ2) is 7.06. The third-order valence-electron chi connectivity index (χ3n) is 5.11. The van der Waals surface area contributed by atoms with Gasteiger partial charge < -0.3 is 5.32 Å². The molecule has 1 aliphatic rings. The molecule has 0 atom stereocenters. The summed E-state index contributed by atoms with van der Waals surface area (Å²) in [6, 6.07) is 11.6. The zero-order valence-corrected chi connectivity index (χ0v) is 17.1. The molecule has 0 saturated carbocycles. The molecule has 1 N–H and O–H groups in total. The topological polar surface area (TPSA) is 124 Å². The highest BCUT2D eigenvalue weighted by Crippen LogP contribution is 2.34. The van der Waals surface area contributed by atoms with Crippen molar-refractivity contribution in [1.82, 2.24) is 9.78 Å². The molecule has 0 aliphatic carbocycles. The number of hydrogen-bond acceptors (Lipinski definition) is 6. The van der Waals surface area contributed by atoms with Crippen LogP contribution in [0.3, 0.4) is 0 Å². The molecule has 1 amide bonds. The molecule has 10 heteroatoms. The van der Waals surface area contributed by atoms with Gasteiger partial charge in [-0.1, -0.05) is 24.3 Å². The van der Waals surface area contributed by atoms with Gasteiger partial charge >= 0.3 is 0 Å². The molecular weight excluding hydrogens is 408 g/mol. The number of carbonyl (C=O) groups excluding carboxylic acids is 1. The number of nitro benzene ring substituents is 1. The van der Waals surface area contributed by atoms with Crippen molar-refractivity contribution >= 4 is 27.2 Å². The molecule has 0 unspecified atom stereocenters. The van der Waals surface area contributed by atoms with Crippen molar-refractivity contribution in [3.8, 4) is 5.69 Å². The van der Waals surface area contributed by atoms with Crippen LogP contribution in [0.25, 0.3) is 5.69 Å². The lowest BCUT2D eigenvalue weighted by atomic mass is 10.1. The van der Waals surface area contributed by atoms with Gasteiger partial charge in [-0.05, 0) is 31.5 Å². The Morgan fingerprint density at radius 3 is 2.57 bits per heavy atom. The van der Waals surface area contributed by atoms with Gasteiger partial charge in [0.25, 0.3) is 11.6 Å². The second-order valence-corrected chi connectivity index (χ2v) is 9.23. The first-order valence-corrected chi connectivity index (χ1v) is 10.9. The van der Waals surface area contributed by atoms with E-state index in [4.69, 9.17) is 0 Å². The van der Waals surface area contributed by atoms with Gasteiger partial charge in [-0.25, -0.2) is 13.1 Å². The van der Waals surface area contributed by atoms with Crippen molar-refractivity contribution in [2.75, 3.05) is 5.32 Å². The second-order valence-electron chi connectivity index (χ2n) is 7.17. The van der Waals surface area contributed by atoms with Crippen LogP contribution in [-0.4, -0.2) is 29.0 Å². The van der Waals surface area contributed by atoms with Crippen LogP contribution in [-0.2, 0) is 21.3 Å². The summed E-state index contributed by atoms with van der Waals surface area (Å²) in [5.41, 5.74) is 2.63. The van der Waals surface area contributed by atoms with E-state index in [-0.39, 0.29) is 34.1 Å². The van der Waals surface area contributed by atoms with Crippen molar-refractivity contribution in [1.29, 1.82) is 0 Å². The SMILES string of the molecule is Cc1ccccc1-n1nc2c(c1NC(=O)c1cccc([N+](=O)[O-])c1C)CS(=O)(=O)C2. The normalized spacial score (nSPS) is 14.3. The van der Waals surface area contributed by atoms with Crippen molar-refractivity contribution in [3.05, 3.63) is 80.5 Å². The van der Waals surface area contributed by atoms with Gasteiger partial charge in [0.1, 0.15) is 5.82 Å². The van der Waals surface area contributed by atoms with Crippen LogP contribution >= 0.6 is 0 Å². The van der Waals surface area contributed by atoms with Crippen molar-refractivity contribution in [2.45, 2.75) is 25.4 Å². The lowest BCUT2D eigenvalue weighted by Gasteiger charge is -2.13. The van der Waals surface area contributed by atoms with Crippen molar-refractivity contribution < 1.29 is 18.1 Å². The number of nitro groups is 1. The molecule has 0 fully saturated rings. The Balaban J connectivity index is 1.82. The van der Waals surface area contributed by atoms with E-state index in [0.29, 0.717) is 16.9 Å². The van der Waals surface area contributed by atoms with E-state index >= 15 is 0 Å². The molecule has 1 aromatic heterocycles. The fraction of sp³-hybridized carbons (Fsp3) is 0.200. The van der Waals surface area contributed by atoms with Crippen LogP contribution in [0.15, 0.2) is 42.5 Å². The van der Waals surface area contributed by atoms with Gasteiger partial charge in [-0.3, -0.25) is 14.9 Å². The Bertz CT molecular complexity index is 1310. The zero-order valence-electron chi connectivity index (χ0n) is 16.2. The maximum absolute atomic E-state index is 13.0. The fourth-order valence-electron chi connectivity index (χ4n) is 3.59. The van der Waals surface area contributed by atoms with Gasteiger partial charge in [-0.2, -0.15) is 5.10 Å². The third-order valence-corrected chi connectivity index (χ3v) is 6.55. The first-order valence-electron chi connectivity index (χ1n) is 9.10. The minimum absolute atomic E-state index is 0.135.